The van der Waals surface area contributed by atoms with Crippen LogP contribution >= 0.6 is 0 Å². The molecule has 2 atom stereocenters. The van der Waals surface area contributed by atoms with E-state index in [9.17, 15) is 0 Å². The van der Waals surface area contributed by atoms with Crippen LogP contribution < -0.4 is 15.2 Å². The van der Waals surface area contributed by atoms with Gasteiger partial charge in [0.1, 0.15) is 6.61 Å². The van der Waals surface area contributed by atoms with Crippen molar-refractivity contribution in [2.75, 3.05) is 6.61 Å². The van der Waals surface area contributed by atoms with Crippen molar-refractivity contribution in [2.45, 2.75) is 32.9 Å². The van der Waals surface area contributed by atoms with Crippen molar-refractivity contribution in [1.29, 1.82) is 0 Å². The van der Waals surface area contributed by atoms with Crippen LogP contribution in [0.5, 0.6) is 11.5 Å². The lowest BCUT2D eigenvalue weighted by Crippen LogP contribution is -2.39. The Labute approximate surface area is 125 Å². The van der Waals surface area contributed by atoms with Crippen LogP contribution in [-0.4, -0.2) is 12.7 Å². The highest BCUT2D eigenvalue weighted by Gasteiger charge is 2.29. The summed E-state index contributed by atoms with van der Waals surface area (Å²) in [6.45, 7) is 6.79. The monoisotopic (exact) mass is 283 g/mol. The molecule has 2 unspecified atom stereocenters. The fourth-order valence-electron chi connectivity index (χ4n) is 3.12. The minimum atomic E-state index is -0.195. The molecule has 0 saturated heterocycles. The van der Waals surface area contributed by atoms with Gasteiger partial charge in [-0.2, -0.15) is 0 Å². The molecule has 0 saturated carbocycles. The molecule has 110 valence electrons. The largest absolute Gasteiger partial charge is 0.486 e. The fraction of sp³-hybridized carbons (Fsp3) is 0.333. The Balaban J connectivity index is 1.89. The van der Waals surface area contributed by atoms with E-state index in [1.165, 1.54) is 16.7 Å². The maximum atomic E-state index is 6.47. The number of hydrogen-bond acceptors (Lipinski definition) is 3. The molecule has 2 aromatic carbocycles. The second-order valence-electron chi connectivity index (χ2n) is 5.75. The predicted octanol–water partition coefficient (Wildman–Crippen LogP) is 3.45. The highest BCUT2D eigenvalue weighted by atomic mass is 16.6. The van der Waals surface area contributed by atoms with Crippen LogP contribution in [0.3, 0.4) is 0 Å². The van der Waals surface area contributed by atoms with Gasteiger partial charge >= 0.3 is 0 Å². The van der Waals surface area contributed by atoms with Crippen molar-refractivity contribution >= 4 is 0 Å². The number of benzene rings is 2. The Morgan fingerprint density at radius 3 is 2.33 bits per heavy atom. The van der Waals surface area contributed by atoms with Crippen LogP contribution in [0.2, 0.25) is 0 Å². The lowest BCUT2D eigenvalue weighted by molar-refractivity contribution is 0.0718. The van der Waals surface area contributed by atoms with Crippen molar-refractivity contribution in [3.8, 4) is 11.5 Å². The molecule has 21 heavy (non-hydrogen) atoms. The van der Waals surface area contributed by atoms with Gasteiger partial charge in [0.05, 0.1) is 6.04 Å². The second kappa shape index (κ2) is 5.41. The highest BCUT2D eigenvalue weighted by Crippen LogP contribution is 2.35. The summed E-state index contributed by atoms with van der Waals surface area (Å²) >= 11 is 0. The normalized spacial score (nSPS) is 18.4. The van der Waals surface area contributed by atoms with Crippen molar-refractivity contribution < 1.29 is 9.47 Å². The van der Waals surface area contributed by atoms with Crippen molar-refractivity contribution in [3.63, 3.8) is 0 Å². The molecule has 1 aliphatic rings. The zero-order valence-electron chi connectivity index (χ0n) is 12.7. The molecule has 0 radical (unpaired) electrons. The minimum Gasteiger partial charge on any atom is -0.486 e. The van der Waals surface area contributed by atoms with Gasteiger partial charge in [-0.25, -0.2) is 0 Å². The van der Waals surface area contributed by atoms with E-state index in [-0.39, 0.29) is 12.1 Å². The SMILES string of the molecule is Cc1cc(C)c(C(N)C2COc3ccccc3O2)c(C)c1. The topological polar surface area (TPSA) is 44.5 Å². The van der Waals surface area contributed by atoms with Gasteiger partial charge < -0.3 is 15.2 Å². The van der Waals surface area contributed by atoms with Crippen molar-refractivity contribution in [1.82, 2.24) is 0 Å². The van der Waals surface area contributed by atoms with Crippen molar-refractivity contribution in [3.05, 3.63) is 58.7 Å². The molecule has 3 rings (SSSR count). The van der Waals surface area contributed by atoms with E-state index >= 15 is 0 Å². The molecular weight excluding hydrogens is 262 g/mol. The molecule has 1 heterocycles. The molecule has 2 aromatic rings. The van der Waals surface area contributed by atoms with E-state index in [4.69, 9.17) is 15.2 Å². The summed E-state index contributed by atoms with van der Waals surface area (Å²) in [5.74, 6) is 1.56. The van der Waals surface area contributed by atoms with Crippen LogP contribution in [0.1, 0.15) is 28.3 Å². The summed E-state index contributed by atoms with van der Waals surface area (Å²) in [4.78, 5) is 0. The summed E-state index contributed by atoms with van der Waals surface area (Å²) in [7, 11) is 0. The number of para-hydroxylation sites is 2. The van der Waals surface area contributed by atoms with Gasteiger partial charge in [0.2, 0.25) is 0 Å². The first-order valence-electron chi connectivity index (χ1n) is 7.28. The maximum absolute atomic E-state index is 6.47. The van der Waals surface area contributed by atoms with Crippen LogP contribution in [0.15, 0.2) is 36.4 Å². The fourth-order valence-corrected chi connectivity index (χ4v) is 3.12. The number of fused-ring (bicyclic) bond motifs is 1. The first kappa shape index (κ1) is 14.0. The zero-order valence-corrected chi connectivity index (χ0v) is 12.7. The highest BCUT2D eigenvalue weighted by molar-refractivity contribution is 5.43. The summed E-state index contributed by atoms with van der Waals surface area (Å²) in [6.07, 6.45) is -0.167. The molecule has 1 aliphatic heterocycles. The standard InChI is InChI=1S/C18H21NO2/c1-11-8-12(2)17(13(3)9-11)18(19)16-10-20-14-6-4-5-7-15(14)21-16/h4-9,16,18H,10,19H2,1-3H3. The van der Waals surface area contributed by atoms with Gasteiger partial charge in [0, 0.05) is 0 Å². The molecule has 0 spiro atoms. The lowest BCUT2D eigenvalue weighted by Gasteiger charge is -2.32. The van der Waals surface area contributed by atoms with Gasteiger partial charge in [0.15, 0.2) is 17.6 Å². The second-order valence-corrected chi connectivity index (χ2v) is 5.75. The molecule has 3 heteroatoms. The molecule has 2 N–H and O–H groups in total. The van der Waals surface area contributed by atoms with Crippen LogP contribution in [0.25, 0.3) is 0 Å². The lowest BCUT2D eigenvalue weighted by atomic mass is 9.91. The number of ether oxygens (including phenoxy) is 2. The maximum Gasteiger partial charge on any atom is 0.161 e. The smallest absolute Gasteiger partial charge is 0.161 e. The Kier molecular flexibility index (Phi) is 3.60. The molecule has 0 fully saturated rings. The van der Waals surface area contributed by atoms with Gasteiger partial charge in [0.25, 0.3) is 0 Å². The Hall–Kier alpha value is -2.00. The number of aryl methyl sites for hydroxylation is 3. The molecule has 0 amide bonds. The molecule has 0 aliphatic carbocycles. The summed E-state index contributed by atoms with van der Waals surface area (Å²) in [5, 5.41) is 0. The van der Waals surface area contributed by atoms with E-state index in [0.717, 1.165) is 17.1 Å². The molecular formula is C18H21NO2. The van der Waals surface area contributed by atoms with E-state index in [2.05, 4.69) is 32.9 Å². The van der Waals surface area contributed by atoms with Gasteiger partial charge in [-0.05, 0) is 49.6 Å². The summed E-state index contributed by atoms with van der Waals surface area (Å²) in [5.41, 5.74) is 11.3. The zero-order chi connectivity index (χ0) is 15.0. The minimum absolute atomic E-state index is 0.167. The summed E-state index contributed by atoms with van der Waals surface area (Å²) in [6, 6.07) is 11.9. The van der Waals surface area contributed by atoms with Crippen LogP contribution in [0.4, 0.5) is 0 Å². The Morgan fingerprint density at radius 1 is 1.05 bits per heavy atom. The van der Waals surface area contributed by atoms with E-state index < -0.39 is 0 Å². The third-order valence-electron chi connectivity index (χ3n) is 4.00. The molecule has 3 nitrogen and oxygen atoms in total. The number of hydrogen-bond donors (Lipinski definition) is 1. The van der Waals surface area contributed by atoms with E-state index in [1.807, 2.05) is 24.3 Å². The van der Waals surface area contributed by atoms with Gasteiger partial charge in [-0.3, -0.25) is 0 Å². The van der Waals surface area contributed by atoms with E-state index in [0.29, 0.717) is 6.61 Å². The predicted molar refractivity (Wildman–Crippen MR) is 83.9 cm³/mol. The van der Waals surface area contributed by atoms with Crippen LogP contribution in [-0.2, 0) is 0 Å². The number of nitrogens with two attached hydrogens (primary N) is 1. The molecule has 0 bridgehead atoms. The Bertz CT molecular complexity index is 643. The first-order chi connectivity index (χ1) is 10.1. The van der Waals surface area contributed by atoms with Crippen LogP contribution in [0, 0.1) is 20.8 Å². The average Bonchev–Trinajstić information content (AvgIpc) is 2.45. The number of rotatable bonds is 2. The average molecular weight is 283 g/mol. The van der Waals surface area contributed by atoms with E-state index in [1.54, 1.807) is 0 Å². The first-order valence-corrected chi connectivity index (χ1v) is 7.28. The van der Waals surface area contributed by atoms with Gasteiger partial charge in [-0.1, -0.05) is 29.8 Å². The summed E-state index contributed by atoms with van der Waals surface area (Å²) < 4.78 is 11.8. The third-order valence-corrected chi connectivity index (χ3v) is 4.00. The van der Waals surface area contributed by atoms with Gasteiger partial charge in [-0.15, -0.1) is 0 Å². The third kappa shape index (κ3) is 2.61. The quantitative estimate of drug-likeness (QED) is 0.918. The van der Waals surface area contributed by atoms with Crippen molar-refractivity contribution in [2.24, 2.45) is 5.73 Å². The molecule has 0 aromatic heterocycles. The Morgan fingerprint density at radius 2 is 1.67 bits per heavy atom.